The van der Waals surface area contributed by atoms with Gasteiger partial charge in [0.25, 0.3) is 0 Å². The van der Waals surface area contributed by atoms with Crippen molar-refractivity contribution < 1.29 is 18.9 Å². The molecule has 7 heteroatoms. The molecule has 32 heavy (non-hydrogen) atoms. The summed E-state index contributed by atoms with van der Waals surface area (Å²) in [5, 5.41) is 7.71. The van der Waals surface area contributed by atoms with Crippen molar-refractivity contribution in [2.75, 3.05) is 21.3 Å². The monoisotopic (exact) mass is 450 g/mol. The quantitative estimate of drug-likeness (QED) is 0.505. The molecule has 0 radical (unpaired) electrons. The number of methoxy groups -OCH3 is 3. The van der Waals surface area contributed by atoms with Gasteiger partial charge in [-0.05, 0) is 42.0 Å². The molecule has 0 unspecified atom stereocenters. The minimum atomic E-state index is -0.451. The smallest absolute Gasteiger partial charge is 0.214 e. The summed E-state index contributed by atoms with van der Waals surface area (Å²) in [5.74, 6) is 2.74. The van der Waals surface area contributed by atoms with Crippen molar-refractivity contribution in [1.82, 2.24) is 5.01 Å². The van der Waals surface area contributed by atoms with Crippen LogP contribution in [-0.2, 0) is 0 Å². The molecule has 0 spiro atoms. The van der Waals surface area contributed by atoms with Gasteiger partial charge in [0.1, 0.15) is 0 Å². The van der Waals surface area contributed by atoms with Gasteiger partial charge in [-0.15, -0.1) is 0 Å². The minimum absolute atomic E-state index is 0.0117. The van der Waals surface area contributed by atoms with Crippen LogP contribution in [0.2, 0.25) is 5.02 Å². The van der Waals surface area contributed by atoms with E-state index in [0.717, 1.165) is 34.6 Å². The molecule has 5 rings (SSSR count). The van der Waals surface area contributed by atoms with E-state index in [1.807, 2.05) is 59.6 Å². The fourth-order valence-corrected chi connectivity index (χ4v) is 4.41. The zero-order valence-electron chi connectivity index (χ0n) is 18.0. The molecular formula is C25H23ClN2O4. The second kappa shape index (κ2) is 8.28. The second-order valence-corrected chi connectivity index (χ2v) is 8.05. The van der Waals surface area contributed by atoms with Crippen molar-refractivity contribution in [2.45, 2.75) is 18.7 Å². The molecule has 0 bridgehead atoms. The number of nitrogens with zero attached hydrogens (tertiary/aromatic N) is 2. The Balaban J connectivity index is 1.62. The van der Waals surface area contributed by atoms with Gasteiger partial charge in [0.15, 0.2) is 23.0 Å². The predicted octanol–water partition coefficient (Wildman–Crippen LogP) is 5.61. The summed E-state index contributed by atoms with van der Waals surface area (Å²) in [7, 11) is 4.90. The van der Waals surface area contributed by atoms with Crippen molar-refractivity contribution in [3.05, 3.63) is 82.4 Å². The molecule has 2 heterocycles. The first-order chi connectivity index (χ1) is 15.6. The molecule has 0 fully saturated rings. The summed E-state index contributed by atoms with van der Waals surface area (Å²) in [4.78, 5) is 0. The van der Waals surface area contributed by atoms with E-state index in [1.54, 1.807) is 21.3 Å². The third-order valence-electron chi connectivity index (χ3n) is 5.87. The molecule has 0 saturated carbocycles. The molecule has 0 saturated heterocycles. The van der Waals surface area contributed by atoms with E-state index >= 15 is 0 Å². The van der Waals surface area contributed by atoms with Crippen LogP contribution in [0.25, 0.3) is 0 Å². The minimum Gasteiger partial charge on any atom is -0.493 e. The molecule has 164 valence electrons. The molecule has 3 aromatic rings. The fraction of sp³-hybridized carbons (Fsp3) is 0.240. The highest BCUT2D eigenvalue weighted by Gasteiger charge is 2.42. The van der Waals surface area contributed by atoms with E-state index in [1.165, 1.54) is 0 Å². The Morgan fingerprint density at radius 3 is 2.38 bits per heavy atom. The zero-order chi connectivity index (χ0) is 22.2. The first kappa shape index (κ1) is 20.5. The second-order valence-electron chi connectivity index (χ2n) is 7.62. The van der Waals surface area contributed by atoms with Gasteiger partial charge in [-0.1, -0.05) is 35.9 Å². The zero-order valence-corrected chi connectivity index (χ0v) is 18.8. The van der Waals surface area contributed by atoms with E-state index in [0.29, 0.717) is 22.3 Å². The van der Waals surface area contributed by atoms with Crippen LogP contribution in [0.4, 0.5) is 0 Å². The molecule has 0 aromatic heterocycles. The molecule has 2 atom stereocenters. The number of ether oxygens (including phenoxy) is 4. The van der Waals surface area contributed by atoms with Crippen LogP contribution in [0.15, 0.2) is 65.8 Å². The van der Waals surface area contributed by atoms with E-state index in [9.17, 15) is 0 Å². The topological polar surface area (TPSA) is 52.5 Å². The number of hydrogen-bond donors (Lipinski definition) is 0. The summed E-state index contributed by atoms with van der Waals surface area (Å²) >= 11 is 6.09. The fourth-order valence-electron chi connectivity index (χ4n) is 4.29. The predicted molar refractivity (Wildman–Crippen MR) is 123 cm³/mol. The average Bonchev–Trinajstić information content (AvgIpc) is 3.29. The summed E-state index contributed by atoms with van der Waals surface area (Å²) < 4.78 is 23.0. The third kappa shape index (κ3) is 3.41. The van der Waals surface area contributed by atoms with E-state index in [2.05, 4.69) is 6.07 Å². The van der Waals surface area contributed by atoms with Crippen LogP contribution in [0, 0.1) is 0 Å². The van der Waals surface area contributed by atoms with Gasteiger partial charge in [-0.2, -0.15) is 5.10 Å². The van der Waals surface area contributed by atoms with Gasteiger partial charge in [-0.3, -0.25) is 0 Å². The highest BCUT2D eigenvalue weighted by molar-refractivity contribution is 6.30. The highest BCUT2D eigenvalue weighted by Crippen LogP contribution is 2.51. The Morgan fingerprint density at radius 1 is 0.906 bits per heavy atom. The standard InChI is InChI=1S/C25H23ClN2O4/c1-29-21-12-9-16(13-23(21)31-3)25-28-20(18-5-4-6-22(30-2)24(18)32-25)14-19(27-28)15-7-10-17(26)11-8-15/h4-13,20,25H,14H2,1-3H3/t20-,25+/m1/s1. The molecule has 0 amide bonds. The Bertz CT molecular complexity index is 1180. The van der Waals surface area contributed by atoms with Gasteiger partial charge in [0.05, 0.1) is 33.1 Å². The highest BCUT2D eigenvalue weighted by atomic mass is 35.5. The molecular weight excluding hydrogens is 428 g/mol. The lowest BCUT2D eigenvalue weighted by Gasteiger charge is -2.38. The molecule has 0 aliphatic carbocycles. The average molecular weight is 451 g/mol. The van der Waals surface area contributed by atoms with E-state index < -0.39 is 6.23 Å². The van der Waals surface area contributed by atoms with Gasteiger partial charge >= 0.3 is 0 Å². The molecule has 6 nitrogen and oxygen atoms in total. The number of hydrazone groups is 1. The SMILES string of the molecule is COc1ccc([C@@H]2Oc3c(OC)cccc3[C@H]3CC(c4ccc(Cl)cc4)=NN32)cc1OC. The number of hydrogen-bond acceptors (Lipinski definition) is 6. The maximum absolute atomic E-state index is 6.51. The van der Waals surface area contributed by atoms with E-state index in [4.69, 9.17) is 35.6 Å². The number of halogens is 1. The first-order valence-corrected chi connectivity index (χ1v) is 10.7. The van der Waals surface area contributed by atoms with Crippen molar-refractivity contribution in [3.8, 4) is 23.0 Å². The van der Waals surface area contributed by atoms with Crippen LogP contribution >= 0.6 is 11.6 Å². The number of rotatable bonds is 5. The Hall–Kier alpha value is -3.38. The largest absolute Gasteiger partial charge is 0.493 e. The van der Waals surface area contributed by atoms with Gasteiger partial charge < -0.3 is 18.9 Å². The van der Waals surface area contributed by atoms with Crippen LogP contribution in [0.1, 0.15) is 35.4 Å². The molecule has 2 aliphatic heterocycles. The van der Waals surface area contributed by atoms with Gasteiger partial charge in [-0.25, -0.2) is 5.01 Å². The summed E-state index contributed by atoms with van der Waals surface area (Å²) in [6.07, 6.45) is 0.294. The maximum Gasteiger partial charge on any atom is 0.214 e. The first-order valence-electron chi connectivity index (χ1n) is 10.3. The molecule has 2 aliphatic rings. The van der Waals surface area contributed by atoms with Crippen LogP contribution < -0.4 is 18.9 Å². The number of benzene rings is 3. The van der Waals surface area contributed by atoms with Gasteiger partial charge in [0, 0.05) is 22.6 Å². The van der Waals surface area contributed by atoms with Crippen molar-refractivity contribution in [1.29, 1.82) is 0 Å². The lowest BCUT2D eigenvalue weighted by atomic mass is 9.95. The summed E-state index contributed by atoms with van der Waals surface area (Å²) in [5.41, 5.74) is 3.98. The maximum atomic E-state index is 6.51. The van der Waals surface area contributed by atoms with Crippen LogP contribution in [0.5, 0.6) is 23.0 Å². The summed E-state index contributed by atoms with van der Waals surface area (Å²) in [6.45, 7) is 0. The van der Waals surface area contributed by atoms with Crippen molar-refractivity contribution in [2.24, 2.45) is 5.10 Å². The normalized spacial score (nSPS) is 18.9. The van der Waals surface area contributed by atoms with Crippen LogP contribution in [0.3, 0.4) is 0 Å². The van der Waals surface area contributed by atoms with Crippen molar-refractivity contribution in [3.63, 3.8) is 0 Å². The lowest BCUT2D eigenvalue weighted by Crippen LogP contribution is -2.33. The molecule has 3 aromatic carbocycles. The Morgan fingerprint density at radius 2 is 1.66 bits per heavy atom. The summed E-state index contributed by atoms with van der Waals surface area (Å²) in [6, 6.07) is 19.5. The van der Waals surface area contributed by atoms with Gasteiger partial charge in [0.2, 0.25) is 6.23 Å². The van der Waals surface area contributed by atoms with Crippen molar-refractivity contribution >= 4 is 17.3 Å². The Labute approximate surface area is 191 Å². The van der Waals surface area contributed by atoms with Crippen LogP contribution in [-0.4, -0.2) is 32.0 Å². The van der Waals surface area contributed by atoms with E-state index in [-0.39, 0.29) is 6.04 Å². The number of fused-ring (bicyclic) bond motifs is 3. The Kier molecular flexibility index (Phi) is 5.31. The number of para-hydroxylation sites is 1. The third-order valence-corrected chi connectivity index (χ3v) is 6.12. The lowest BCUT2D eigenvalue weighted by molar-refractivity contribution is -0.0210. The molecule has 0 N–H and O–H groups in total.